The summed E-state index contributed by atoms with van der Waals surface area (Å²) in [6.45, 7) is 4.05. The predicted octanol–water partition coefficient (Wildman–Crippen LogP) is 2.14. The van der Waals surface area contributed by atoms with Gasteiger partial charge in [0, 0.05) is 11.8 Å². The Morgan fingerprint density at radius 3 is 2.57 bits per heavy atom. The maximum Gasteiger partial charge on any atom is 0.271 e. The molecule has 1 aromatic rings. The third-order valence-electron chi connectivity index (χ3n) is 3.00. The molecule has 21 heavy (non-hydrogen) atoms. The molecule has 116 valence electrons. The molecule has 0 unspecified atom stereocenters. The molecule has 0 atom stereocenters. The van der Waals surface area contributed by atoms with Crippen LogP contribution in [-0.4, -0.2) is 20.5 Å². The molecular formula is C13H18ClN3O3S. The highest BCUT2D eigenvalue weighted by molar-refractivity contribution is 7.89. The van der Waals surface area contributed by atoms with E-state index in [-0.39, 0.29) is 21.4 Å². The van der Waals surface area contributed by atoms with Crippen molar-refractivity contribution in [2.75, 3.05) is 0 Å². The predicted molar refractivity (Wildman–Crippen MR) is 82.9 cm³/mol. The first-order valence-electron chi connectivity index (χ1n) is 6.45. The van der Waals surface area contributed by atoms with Crippen LogP contribution in [0.2, 0.25) is 5.02 Å². The van der Waals surface area contributed by atoms with Crippen LogP contribution in [-0.2, 0) is 10.0 Å². The van der Waals surface area contributed by atoms with E-state index in [1.807, 2.05) is 13.8 Å². The molecule has 8 heteroatoms. The molecule has 0 aliphatic carbocycles. The van der Waals surface area contributed by atoms with Crippen molar-refractivity contribution in [3.05, 3.63) is 28.8 Å². The number of nitrogens with one attached hydrogen (secondary N) is 1. The molecule has 1 aromatic carbocycles. The second-order valence-electron chi connectivity index (χ2n) is 4.49. The Hall–Kier alpha value is -1.44. The lowest BCUT2D eigenvalue weighted by Gasteiger charge is -2.06. The molecule has 6 nitrogen and oxygen atoms in total. The summed E-state index contributed by atoms with van der Waals surface area (Å²) < 4.78 is 22.7. The molecule has 1 amide bonds. The third kappa shape index (κ3) is 5.11. The van der Waals surface area contributed by atoms with Crippen molar-refractivity contribution < 1.29 is 13.2 Å². The standard InChI is InChI=1S/C13H18ClN3O3S/c1-3-9(4-2)8-16-17-13(18)10-5-6-11(14)12(7-10)21(15,19)20/h5-9H,3-4H2,1-2H3,(H,17,18)(H2,15,19,20)/b16-8-. The second kappa shape index (κ2) is 7.53. The van der Waals surface area contributed by atoms with Gasteiger partial charge in [0.25, 0.3) is 5.91 Å². The van der Waals surface area contributed by atoms with Crippen molar-refractivity contribution in [2.45, 2.75) is 31.6 Å². The van der Waals surface area contributed by atoms with Crippen molar-refractivity contribution in [3.63, 3.8) is 0 Å². The van der Waals surface area contributed by atoms with Gasteiger partial charge in [-0.25, -0.2) is 19.0 Å². The molecule has 3 N–H and O–H groups in total. The van der Waals surface area contributed by atoms with E-state index in [4.69, 9.17) is 16.7 Å². The van der Waals surface area contributed by atoms with Gasteiger partial charge in [0.1, 0.15) is 4.90 Å². The lowest BCUT2D eigenvalue weighted by Crippen LogP contribution is -2.20. The molecule has 0 aliphatic heterocycles. The van der Waals surface area contributed by atoms with Crippen LogP contribution < -0.4 is 10.6 Å². The van der Waals surface area contributed by atoms with Crippen LogP contribution in [0.5, 0.6) is 0 Å². The number of halogens is 1. The van der Waals surface area contributed by atoms with E-state index in [0.29, 0.717) is 0 Å². The average Bonchev–Trinajstić information content (AvgIpc) is 2.42. The van der Waals surface area contributed by atoms with E-state index in [1.54, 1.807) is 6.21 Å². The fourth-order valence-electron chi connectivity index (χ4n) is 1.63. The van der Waals surface area contributed by atoms with Crippen molar-refractivity contribution >= 4 is 33.7 Å². The quantitative estimate of drug-likeness (QED) is 0.616. The van der Waals surface area contributed by atoms with Gasteiger partial charge in [-0.15, -0.1) is 0 Å². The van der Waals surface area contributed by atoms with Crippen molar-refractivity contribution in [1.82, 2.24) is 5.43 Å². The number of carbonyl (C=O) groups excluding carboxylic acids is 1. The summed E-state index contributed by atoms with van der Waals surface area (Å²) in [5, 5.41) is 8.86. The highest BCUT2D eigenvalue weighted by Crippen LogP contribution is 2.21. The number of nitrogens with zero attached hydrogens (tertiary/aromatic N) is 1. The van der Waals surface area contributed by atoms with Crippen LogP contribution in [0, 0.1) is 5.92 Å². The van der Waals surface area contributed by atoms with Gasteiger partial charge in [0.15, 0.2) is 0 Å². The highest BCUT2D eigenvalue weighted by Gasteiger charge is 2.16. The summed E-state index contributed by atoms with van der Waals surface area (Å²) in [6, 6.07) is 3.83. The van der Waals surface area contributed by atoms with Crippen molar-refractivity contribution in [1.29, 1.82) is 0 Å². The molecule has 1 rings (SSSR count). The van der Waals surface area contributed by atoms with Crippen LogP contribution in [0.15, 0.2) is 28.2 Å². The van der Waals surface area contributed by atoms with Gasteiger partial charge in [-0.3, -0.25) is 4.79 Å². The zero-order chi connectivity index (χ0) is 16.0. The summed E-state index contributed by atoms with van der Waals surface area (Å²) in [6.07, 6.45) is 3.51. The maximum atomic E-state index is 11.9. The van der Waals surface area contributed by atoms with Crippen LogP contribution in [0.25, 0.3) is 0 Å². The van der Waals surface area contributed by atoms with Crippen LogP contribution in [0.3, 0.4) is 0 Å². The highest BCUT2D eigenvalue weighted by atomic mass is 35.5. The zero-order valence-electron chi connectivity index (χ0n) is 11.8. The minimum atomic E-state index is -3.98. The largest absolute Gasteiger partial charge is 0.271 e. The lowest BCUT2D eigenvalue weighted by molar-refractivity contribution is 0.0954. The van der Waals surface area contributed by atoms with Crippen LogP contribution in [0.1, 0.15) is 37.0 Å². The summed E-state index contributed by atoms with van der Waals surface area (Å²) in [7, 11) is -3.98. The number of amides is 1. The van der Waals surface area contributed by atoms with Crippen molar-refractivity contribution in [2.24, 2.45) is 16.2 Å². The fourth-order valence-corrected chi connectivity index (χ4v) is 2.70. The molecule has 0 saturated carbocycles. The number of hydrogen-bond acceptors (Lipinski definition) is 4. The number of sulfonamides is 1. The summed E-state index contributed by atoms with van der Waals surface area (Å²) >= 11 is 5.75. The normalized spacial score (nSPS) is 12.0. The fraction of sp³-hybridized carbons (Fsp3) is 0.385. The van der Waals surface area contributed by atoms with E-state index < -0.39 is 15.9 Å². The zero-order valence-corrected chi connectivity index (χ0v) is 13.4. The molecule has 0 fully saturated rings. The van der Waals surface area contributed by atoms with Gasteiger partial charge < -0.3 is 0 Å². The van der Waals surface area contributed by atoms with Gasteiger partial charge >= 0.3 is 0 Å². The van der Waals surface area contributed by atoms with E-state index in [9.17, 15) is 13.2 Å². The van der Waals surface area contributed by atoms with E-state index >= 15 is 0 Å². The summed E-state index contributed by atoms with van der Waals surface area (Å²) in [4.78, 5) is 11.6. The monoisotopic (exact) mass is 331 g/mol. The molecule has 0 aromatic heterocycles. The summed E-state index contributed by atoms with van der Waals surface area (Å²) in [5.74, 6) is -0.241. The molecule has 0 bridgehead atoms. The molecule has 0 aliphatic rings. The Morgan fingerprint density at radius 2 is 2.05 bits per heavy atom. The Labute approximate surface area is 129 Å². The Bertz CT molecular complexity index is 640. The van der Waals surface area contributed by atoms with Gasteiger partial charge in [0.05, 0.1) is 5.02 Å². The number of rotatable bonds is 6. The van der Waals surface area contributed by atoms with E-state index in [2.05, 4.69) is 10.5 Å². The number of carbonyl (C=O) groups is 1. The van der Waals surface area contributed by atoms with Gasteiger partial charge in [-0.05, 0) is 37.0 Å². The SMILES string of the molecule is CCC(/C=N\NC(=O)c1ccc(Cl)c(S(N)(=O)=O)c1)CC. The Morgan fingerprint density at radius 1 is 1.43 bits per heavy atom. The Kier molecular flexibility index (Phi) is 6.32. The number of benzene rings is 1. The first kappa shape index (κ1) is 17.6. The minimum Gasteiger partial charge on any atom is -0.267 e. The molecule has 0 saturated heterocycles. The molecule has 0 heterocycles. The number of hydrazone groups is 1. The van der Waals surface area contributed by atoms with E-state index in [0.717, 1.165) is 18.9 Å². The second-order valence-corrected chi connectivity index (χ2v) is 6.42. The molecular weight excluding hydrogens is 314 g/mol. The Balaban J connectivity index is 2.90. The van der Waals surface area contributed by atoms with E-state index in [1.165, 1.54) is 12.1 Å². The number of hydrogen-bond donors (Lipinski definition) is 2. The minimum absolute atomic E-state index is 0.0328. The van der Waals surface area contributed by atoms with Crippen LogP contribution in [0.4, 0.5) is 0 Å². The summed E-state index contributed by atoms with van der Waals surface area (Å²) in [5.41, 5.74) is 2.46. The van der Waals surface area contributed by atoms with Crippen molar-refractivity contribution in [3.8, 4) is 0 Å². The topological polar surface area (TPSA) is 102 Å². The van der Waals surface area contributed by atoms with Gasteiger partial charge in [-0.1, -0.05) is 25.4 Å². The smallest absolute Gasteiger partial charge is 0.267 e. The molecule has 0 radical (unpaired) electrons. The maximum absolute atomic E-state index is 11.9. The molecule has 0 spiro atoms. The first-order valence-corrected chi connectivity index (χ1v) is 8.37. The third-order valence-corrected chi connectivity index (χ3v) is 4.39. The lowest BCUT2D eigenvalue weighted by atomic mass is 10.1. The first-order chi connectivity index (χ1) is 9.79. The van der Waals surface area contributed by atoms with Gasteiger partial charge in [-0.2, -0.15) is 5.10 Å². The van der Waals surface area contributed by atoms with Gasteiger partial charge in [0.2, 0.25) is 10.0 Å². The van der Waals surface area contributed by atoms with Crippen LogP contribution >= 0.6 is 11.6 Å². The number of nitrogens with two attached hydrogens (primary N) is 1. The number of primary sulfonamides is 1. The average molecular weight is 332 g/mol.